The molecule has 0 aliphatic rings. The topological polar surface area (TPSA) is 46.1 Å². The molecule has 0 aromatic heterocycles. The molecule has 4 heteroatoms. The minimum absolute atomic E-state index is 0. The molecule has 0 saturated heterocycles. The zero-order valence-electron chi connectivity index (χ0n) is 8.68. The maximum atomic E-state index is 11.1. The van der Waals surface area contributed by atoms with Crippen LogP contribution in [0.4, 0.5) is 0 Å². The van der Waals surface area contributed by atoms with Crippen LogP contribution in [0.25, 0.3) is 0 Å². The zero-order chi connectivity index (χ0) is 8.43. The first-order valence-corrected chi connectivity index (χ1v) is 3.63. The van der Waals surface area contributed by atoms with Gasteiger partial charge in [-0.05, 0) is 13.3 Å². The van der Waals surface area contributed by atoms with Crippen LogP contribution < -0.4 is 113 Å². The van der Waals surface area contributed by atoms with E-state index in [0.29, 0.717) is 17.5 Å². The van der Waals surface area contributed by atoms with Gasteiger partial charge >= 0.3 is 103 Å². The van der Waals surface area contributed by atoms with E-state index in [9.17, 15) is 10.2 Å². The molecule has 0 radical (unpaired) electrons. The molecule has 0 N–H and O–H groups in total. The Morgan fingerprint density at radius 2 is 1.54 bits per heavy atom. The van der Waals surface area contributed by atoms with Crippen LogP contribution in [0.2, 0.25) is 0 Å². The Morgan fingerprint density at radius 3 is 1.92 bits per heavy atom. The first-order chi connectivity index (χ1) is 5.16. The van der Waals surface area contributed by atoms with Crippen molar-refractivity contribution >= 4 is 0 Å². The van der Waals surface area contributed by atoms with Crippen LogP contribution in [0.15, 0.2) is 12.1 Å². The van der Waals surface area contributed by atoms with Crippen LogP contribution in [-0.4, -0.2) is 0 Å². The van der Waals surface area contributed by atoms with Crippen molar-refractivity contribution in [3.8, 4) is 11.5 Å². The maximum Gasteiger partial charge on any atom is 1.00 e. The summed E-state index contributed by atoms with van der Waals surface area (Å²) in [5.74, 6) is -0.0638. The Morgan fingerprint density at radius 1 is 1.08 bits per heavy atom. The van der Waals surface area contributed by atoms with Gasteiger partial charge in [0.2, 0.25) is 0 Å². The van der Waals surface area contributed by atoms with Gasteiger partial charge in [-0.3, -0.25) is 0 Å². The van der Waals surface area contributed by atoms with Crippen LogP contribution in [0, 0.1) is 6.92 Å². The van der Waals surface area contributed by atoms with Crippen LogP contribution in [-0.2, 0) is 6.42 Å². The summed E-state index contributed by atoms with van der Waals surface area (Å²) in [7, 11) is 0. The number of hydrogen-bond donors (Lipinski definition) is 0. The van der Waals surface area contributed by atoms with Gasteiger partial charge in [0, 0.05) is 0 Å². The largest absolute Gasteiger partial charge is 1.00 e. The number of benzene rings is 1. The average molecular weight is 228 g/mol. The Labute approximate surface area is 164 Å². The minimum Gasteiger partial charge on any atom is -0.872 e. The Bertz CT molecular complexity index is 275. The van der Waals surface area contributed by atoms with Crippen molar-refractivity contribution in [1.82, 2.24) is 0 Å². The van der Waals surface area contributed by atoms with Gasteiger partial charge in [-0.1, -0.05) is 30.2 Å². The molecule has 1 aromatic carbocycles. The maximum absolute atomic E-state index is 11.1. The van der Waals surface area contributed by atoms with Crippen LogP contribution >= 0.6 is 0 Å². The Balaban J connectivity index is 0. The van der Waals surface area contributed by atoms with E-state index < -0.39 is 0 Å². The van der Waals surface area contributed by atoms with Crippen molar-refractivity contribution < 1.29 is 113 Å². The van der Waals surface area contributed by atoms with Gasteiger partial charge < -0.3 is 10.2 Å². The van der Waals surface area contributed by atoms with E-state index in [1.807, 2.05) is 6.92 Å². The van der Waals surface area contributed by atoms with Gasteiger partial charge in [-0.25, -0.2) is 0 Å². The summed E-state index contributed by atoms with van der Waals surface area (Å²) in [6, 6.07) is 2.67. The molecule has 13 heavy (non-hydrogen) atoms. The predicted octanol–water partition coefficient (Wildman–Crippen LogP) is -5.29. The molecule has 2 nitrogen and oxygen atoms in total. The van der Waals surface area contributed by atoms with Gasteiger partial charge in [-0.15, -0.1) is 11.5 Å². The van der Waals surface area contributed by atoms with Crippen molar-refractivity contribution in [2.45, 2.75) is 20.3 Å². The Hall–Kier alpha value is 2.09. The van der Waals surface area contributed by atoms with E-state index in [4.69, 9.17) is 0 Å². The summed E-state index contributed by atoms with van der Waals surface area (Å²) < 4.78 is 0. The van der Waals surface area contributed by atoms with Gasteiger partial charge in [0.1, 0.15) is 0 Å². The normalized spacial score (nSPS) is 8.46. The molecule has 60 valence electrons. The summed E-state index contributed by atoms with van der Waals surface area (Å²) in [6.45, 7) is 3.58. The van der Waals surface area contributed by atoms with Crippen molar-refractivity contribution in [2.75, 3.05) is 0 Å². The molecule has 0 aliphatic heterocycles. The molecule has 0 aliphatic carbocycles. The molecule has 1 aromatic rings. The standard InChI is InChI=1S/C9H12O2.2K/c1-3-7-6(2)8(10)4-5-9(7)11;;/h4-5,10-11H,3H2,1-2H3;;/q;2*+1/p-2. The first-order valence-electron chi connectivity index (χ1n) is 3.63. The predicted molar refractivity (Wildman–Crippen MR) is 39.4 cm³/mol. The van der Waals surface area contributed by atoms with Crippen molar-refractivity contribution in [1.29, 1.82) is 0 Å². The van der Waals surface area contributed by atoms with Crippen molar-refractivity contribution in [3.63, 3.8) is 0 Å². The van der Waals surface area contributed by atoms with E-state index in [-0.39, 0.29) is 114 Å². The van der Waals surface area contributed by atoms with E-state index in [0.717, 1.165) is 0 Å². The summed E-state index contributed by atoms with van der Waals surface area (Å²) in [5, 5.41) is 22.1. The van der Waals surface area contributed by atoms with Crippen LogP contribution in [0.1, 0.15) is 18.1 Å². The molecule has 0 spiro atoms. The molecular formula is C9H10K2O2. The molecular weight excluding hydrogens is 218 g/mol. The quantitative estimate of drug-likeness (QED) is 0.451. The molecule has 0 amide bonds. The fourth-order valence-electron chi connectivity index (χ4n) is 1.15. The van der Waals surface area contributed by atoms with Gasteiger partial charge in [0.15, 0.2) is 0 Å². The second-order valence-corrected chi connectivity index (χ2v) is 2.52. The number of hydrogen-bond acceptors (Lipinski definition) is 2. The molecule has 1 rings (SSSR count). The monoisotopic (exact) mass is 228 g/mol. The van der Waals surface area contributed by atoms with Crippen LogP contribution in [0.3, 0.4) is 0 Å². The van der Waals surface area contributed by atoms with Crippen molar-refractivity contribution in [2.24, 2.45) is 0 Å². The second-order valence-electron chi connectivity index (χ2n) is 2.52. The smallest absolute Gasteiger partial charge is 0.872 e. The molecule has 0 saturated carbocycles. The summed E-state index contributed by atoms with van der Waals surface area (Å²) in [5.41, 5.74) is 1.25. The van der Waals surface area contributed by atoms with E-state index in [1.165, 1.54) is 12.1 Å². The van der Waals surface area contributed by atoms with E-state index >= 15 is 0 Å². The fraction of sp³-hybridized carbons (Fsp3) is 0.333. The van der Waals surface area contributed by atoms with Gasteiger partial charge in [0.25, 0.3) is 0 Å². The summed E-state index contributed by atoms with van der Waals surface area (Å²) >= 11 is 0. The van der Waals surface area contributed by atoms with Crippen LogP contribution in [0.5, 0.6) is 11.5 Å². The molecule has 0 heterocycles. The average Bonchev–Trinajstić information content (AvgIpc) is 1.99. The summed E-state index contributed by atoms with van der Waals surface area (Å²) in [6.07, 6.45) is 0.640. The fourth-order valence-corrected chi connectivity index (χ4v) is 1.15. The Kier molecular flexibility index (Phi) is 11.1. The zero-order valence-corrected chi connectivity index (χ0v) is 14.9. The molecule has 0 fully saturated rings. The van der Waals surface area contributed by atoms with E-state index in [2.05, 4.69) is 0 Å². The SMILES string of the molecule is CCc1c([O-])ccc([O-])c1C.[K+].[K+]. The third-order valence-corrected chi connectivity index (χ3v) is 1.86. The summed E-state index contributed by atoms with van der Waals surface area (Å²) in [4.78, 5) is 0. The third kappa shape index (κ3) is 4.63. The van der Waals surface area contributed by atoms with Gasteiger partial charge in [0.05, 0.1) is 0 Å². The molecule has 0 bridgehead atoms. The minimum atomic E-state index is -0.0403. The van der Waals surface area contributed by atoms with Crippen molar-refractivity contribution in [3.05, 3.63) is 23.3 Å². The molecule has 0 atom stereocenters. The van der Waals surface area contributed by atoms with E-state index in [1.54, 1.807) is 6.92 Å². The van der Waals surface area contributed by atoms with Gasteiger partial charge in [-0.2, -0.15) is 0 Å². The second kappa shape index (κ2) is 8.27. The molecule has 0 unspecified atom stereocenters. The number of rotatable bonds is 1. The first kappa shape index (κ1) is 17.5. The third-order valence-electron chi connectivity index (χ3n) is 1.86.